The Morgan fingerprint density at radius 2 is 2.21 bits per heavy atom. The monoisotopic (exact) mass is 251 g/mol. The van der Waals surface area contributed by atoms with Gasteiger partial charge in [-0.05, 0) is 30.7 Å². The highest BCUT2D eigenvalue weighted by Gasteiger charge is 2.04. The highest BCUT2D eigenvalue weighted by atomic mass is 79.9. The summed E-state index contributed by atoms with van der Waals surface area (Å²) in [5.74, 6) is 0.510. The number of hydrogen-bond donors (Lipinski definition) is 1. The van der Waals surface area contributed by atoms with Crippen molar-refractivity contribution in [3.63, 3.8) is 0 Å². The summed E-state index contributed by atoms with van der Waals surface area (Å²) in [4.78, 5) is 3.99. The minimum Gasteiger partial charge on any atom is -0.369 e. The number of imidazole rings is 1. The van der Waals surface area contributed by atoms with E-state index in [-0.39, 0.29) is 0 Å². The minimum absolute atomic E-state index is 0.510. The van der Waals surface area contributed by atoms with Gasteiger partial charge in [0, 0.05) is 16.9 Å². The summed E-state index contributed by atoms with van der Waals surface area (Å²) in [6, 6.07) is 6.05. The van der Waals surface area contributed by atoms with Crippen molar-refractivity contribution >= 4 is 21.9 Å². The van der Waals surface area contributed by atoms with E-state index in [9.17, 15) is 0 Å². The first-order valence-electron chi connectivity index (χ1n) is 4.24. The number of aromatic nitrogens is 2. The molecule has 1 heterocycles. The summed E-state index contributed by atoms with van der Waals surface area (Å²) < 4.78 is 2.93. The molecule has 1 aromatic carbocycles. The first-order chi connectivity index (χ1) is 6.68. The standard InChI is InChI=1S/C10H10BrN3/c1-7-6-8(11)2-3-9(7)14-5-4-13-10(14)12/h2-6H,1H3,(H2,12,13). The van der Waals surface area contributed by atoms with Gasteiger partial charge in [-0.2, -0.15) is 0 Å². The molecule has 3 nitrogen and oxygen atoms in total. The van der Waals surface area contributed by atoms with Gasteiger partial charge in [-0.15, -0.1) is 0 Å². The Morgan fingerprint density at radius 1 is 1.43 bits per heavy atom. The van der Waals surface area contributed by atoms with Crippen LogP contribution < -0.4 is 5.73 Å². The van der Waals surface area contributed by atoms with E-state index in [1.165, 1.54) is 0 Å². The lowest BCUT2D eigenvalue weighted by Crippen LogP contribution is -2.01. The molecule has 0 aliphatic heterocycles. The van der Waals surface area contributed by atoms with E-state index in [1.54, 1.807) is 6.20 Å². The van der Waals surface area contributed by atoms with Crippen LogP contribution in [0.1, 0.15) is 5.56 Å². The zero-order valence-corrected chi connectivity index (χ0v) is 9.32. The Hall–Kier alpha value is -1.29. The third-order valence-corrected chi connectivity index (χ3v) is 2.58. The first kappa shape index (κ1) is 9.27. The van der Waals surface area contributed by atoms with Crippen molar-refractivity contribution in [2.24, 2.45) is 0 Å². The second kappa shape index (κ2) is 3.46. The quantitative estimate of drug-likeness (QED) is 0.847. The van der Waals surface area contributed by atoms with Gasteiger partial charge in [-0.1, -0.05) is 15.9 Å². The van der Waals surface area contributed by atoms with Crippen LogP contribution in [0.5, 0.6) is 0 Å². The van der Waals surface area contributed by atoms with E-state index in [1.807, 2.05) is 29.8 Å². The Balaban J connectivity index is 2.58. The van der Waals surface area contributed by atoms with Crippen molar-refractivity contribution in [3.8, 4) is 5.69 Å². The molecule has 0 bridgehead atoms. The molecule has 0 aliphatic carbocycles. The Labute approximate surface area is 90.7 Å². The van der Waals surface area contributed by atoms with Crippen LogP contribution in [-0.4, -0.2) is 9.55 Å². The van der Waals surface area contributed by atoms with Crippen LogP contribution in [0.25, 0.3) is 5.69 Å². The fourth-order valence-electron chi connectivity index (χ4n) is 1.41. The Bertz CT molecular complexity index is 462. The average Bonchev–Trinajstić information content (AvgIpc) is 2.52. The van der Waals surface area contributed by atoms with Crippen molar-refractivity contribution in [2.75, 3.05) is 5.73 Å². The maximum atomic E-state index is 5.72. The number of benzene rings is 1. The second-order valence-electron chi connectivity index (χ2n) is 3.09. The van der Waals surface area contributed by atoms with Gasteiger partial charge in [0.05, 0.1) is 5.69 Å². The molecule has 0 saturated heterocycles. The highest BCUT2D eigenvalue weighted by molar-refractivity contribution is 9.10. The molecule has 2 rings (SSSR count). The van der Waals surface area contributed by atoms with Gasteiger partial charge in [0.1, 0.15) is 0 Å². The molecule has 4 heteroatoms. The molecule has 0 saturated carbocycles. The summed E-state index contributed by atoms with van der Waals surface area (Å²) in [5, 5.41) is 0. The molecule has 72 valence electrons. The van der Waals surface area contributed by atoms with E-state index in [0.29, 0.717) is 5.95 Å². The van der Waals surface area contributed by atoms with Crippen molar-refractivity contribution in [2.45, 2.75) is 6.92 Å². The summed E-state index contributed by atoms with van der Waals surface area (Å²) in [5.41, 5.74) is 7.93. The summed E-state index contributed by atoms with van der Waals surface area (Å²) in [6.07, 6.45) is 3.54. The van der Waals surface area contributed by atoms with E-state index in [2.05, 4.69) is 27.0 Å². The molecule has 0 radical (unpaired) electrons. The zero-order chi connectivity index (χ0) is 10.1. The first-order valence-corrected chi connectivity index (χ1v) is 5.03. The minimum atomic E-state index is 0.510. The average molecular weight is 252 g/mol. The number of rotatable bonds is 1. The topological polar surface area (TPSA) is 43.8 Å². The molecule has 0 amide bonds. The molecule has 0 spiro atoms. The van der Waals surface area contributed by atoms with Gasteiger partial charge < -0.3 is 5.73 Å². The predicted molar refractivity (Wildman–Crippen MR) is 60.4 cm³/mol. The SMILES string of the molecule is Cc1cc(Br)ccc1-n1ccnc1N. The molecule has 0 aliphatic rings. The van der Waals surface area contributed by atoms with Crippen LogP contribution in [0.3, 0.4) is 0 Å². The molecular formula is C10H10BrN3. The van der Waals surface area contributed by atoms with Crippen molar-refractivity contribution < 1.29 is 0 Å². The van der Waals surface area contributed by atoms with Gasteiger partial charge >= 0.3 is 0 Å². The molecule has 1 aromatic heterocycles. The largest absolute Gasteiger partial charge is 0.369 e. The lowest BCUT2D eigenvalue weighted by molar-refractivity contribution is 1.05. The van der Waals surface area contributed by atoms with E-state index in [4.69, 9.17) is 5.73 Å². The third-order valence-electron chi connectivity index (χ3n) is 2.09. The number of nitrogen functional groups attached to an aromatic ring is 1. The number of aryl methyl sites for hydroxylation is 1. The maximum Gasteiger partial charge on any atom is 0.204 e. The van der Waals surface area contributed by atoms with Crippen LogP contribution in [0.4, 0.5) is 5.95 Å². The lowest BCUT2D eigenvalue weighted by Gasteiger charge is -2.08. The van der Waals surface area contributed by atoms with E-state index >= 15 is 0 Å². The van der Waals surface area contributed by atoms with Gasteiger partial charge in [0.25, 0.3) is 0 Å². The zero-order valence-electron chi connectivity index (χ0n) is 7.74. The lowest BCUT2D eigenvalue weighted by atomic mass is 10.2. The Kier molecular flexibility index (Phi) is 2.29. The number of anilines is 1. The Morgan fingerprint density at radius 3 is 2.79 bits per heavy atom. The predicted octanol–water partition coefficient (Wildman–Crippen LogP) is 2.53. The normalized spacial score (nSPS) is 10.4. The van der Waals surface area contributed by atoms with Gasteiger partial charge in [0.15, 0.2) is 0 Å². The fraction of sp³-hybridized carbons (Fsp3) is 0.100. The van der Waals surface area contributed by atoms with Crippen LogP contribution in [0, 0.1) is 6.92 Å². The van der Waals surface area contributed by atoms with Gasteiger partial charge in [-0.3, -0.25) is 4.57 Å². The molecule has 0 atom stereocenters. The van der Waals surface area contributed by atoms with Crippen molar-refractivity contribution in [1.29, 1.82) is 0 Å². The van der Waals surface area contributed by atoms with Gasteiger partial charge in [0.2, 0.25) is 5.95 Å². The highest BCUT2D eigenvalue weighted by Crippen LogP contribution is 2.20. The van der Waals surface area contributed by atoms with Crippen LogP contribution in [0.15, 0.2) is 35.1 Å². The number of nitrogens with two attached hydrogens (primary N) is 1. The fourth-order valence-corrected chi connectivity index (χ4v) is 1.88. The smallest absolute Gasteiger partial charge is 0.204 e. The number of nitrogens with zero attached hydrogens (tertiary/aromatic N) is 2. The molecule has 0 unspecified atom stereocenters. The van der Waals surface area contributed by atoms with Crippen LogP contribution >= 0.6 is 15.9 Å². The number of halogens is 1. The van der Waals surface area contributed by atoms with E-state index < -0.39 is 0 Å². The maximum absolute atomic E-state index is 5.72. The van der Waals surface area contributed by atoms with Crippen molar-refractivity contribution in [3.05, 3.63) is 40.6 Å². The molecule has 2 N–H and O–H groups in total. The van der Waals surface area contributed by atoms with Crippen molar-refractivity contribution in [1.82, 2.24) is 9.55 Å². The van der Waals surface area contributed by atoms with E-state index in [0.717, 1.165) is 15.7 Å². The molecule has 2 aromatic rings. The third kappa shape index (κ3) is 1.53. The summed E-state index contributed by atoms with van der Waals surface area (Å²) in [7, 11) is 0. The summed E-state index contributed by atoms with van der Waals surface area (Å²) in [6.45, 7) is 2.04. The van der Waals surface area contributed by atoms with Crippen LogP contribution in [-0.2, 0) is 0 Å². The number of hydrogen-bond acceptors (Lipinski definition) is 2. The summed E-state index contributed by atoms with van der Waals surface area (Å²) >= 11 is 3.42. The molecule has 14 heavy (non-hydrogen) atoms. The van der Waals surface area contributed by atoms with Crippen LogP contribution in [0.2, 0.25) is 0 Å². The second-order valence-corrected chi connectivity index (χ2v) is 4.00. The van der Waals surface area contributed by atoms with Gasteiger partial charge in [-0.25, -0.2) is 4.98 Å². The molecular weight excluding hydrogens is 242 g/mol. The molecule has 0 fully saturated rings.